The van der Waals surface area contributed by atoms with Gasteiger partial charge in [0.05, 0.1) is 18.7 Å². The number of rotatable bonds is 8. The minimum Gasteiger partial charge on any atom is -0.457 e. The Morgan fingerprint density at radius 1 is 1.08 bits per heavy atom. The lowest BCUT2D eigenvalue weighted by Crippen LogP contribution is -2.48. The monoisotopic (exact) mass is 516 g/mol. The molecule has 1 aliphatic heterocycles. The molecule has 2 heterocycles. The molecule has 3 amide bonds. The number of nitrogens with zero attached hydrogens (tertiary/aromatic N) is 2. The second-order valence-electron chi connectivity index (χ2n) is 9.66. The van der Waals surface area contributed by atoms with Gasteiger partial charge in [-0.1, -0.05) is 32.0 Å². The van der Waals surface area contributed by atoms with Gasteiger partial charge in [0, 0.05) is 22.4 Å². The van der Waals surface area contributed by atoms with Gasteiger partial charge in [-0.05, 0) is 54.3 Å². The average molecular weight is 517 g/mol. The fraction of sp³-hybridized carbons (Fsp3) is 0.286. The van der Waals surface area contributed by atoms with Crippen LogP contribution in [0.1, 0.15) is 41.1 Å². The Balaban J connectivity index is 1.32. The second kappa shape index (κ2) is 11.3. The van der Waals surface area contributed by atoms with Crippen molar-refractivity contribution in [2.45, 2.75) is 32.9 Å². The summed E-state index contributed by atoms with van der Waals surface area (Å²) in [5.41, 5.74) is 0.728. The van der Waals surface area contributed by atoms with Gasteiger partial charge in [-0.25, -0.2) is 0 Å². The predicted octanol–water partition coefficient (Wildman–Crippen LogP) is 4.09. The molecule has 2 N–H and O–H groups in total. The molecule has 0 radical (unpaired) electrons. The molecule has 0 unspecified atom stereocenters. The molecule has 8 nitrogen and oxygen atoms in total. The zero-order valence-electron chi connectivity index (χ0n) is 20.7. The molecule has 1 saturated heterocycles. The van der Waals surface area contributed by atoms with E-state index in [1.54, 1.807) is 40.6 Å². The second-order valence-corrected chi connectivity index (χ2v) is 10.7. The van der Waals surface area contributed by atoms with Gasteiger partial charge in [-0.15, -0.1) is 11.3 Å². The molecular weight excluding hydrogens is 488 g/mol. The number of thiophene rings is 1. The van der Waals surface area contributed by atoms with Gasteiger partial charge in [0.15, 0.2) is 0 Å². The molecule has 9 heteroatoms. The van der Waals surface area contributed by atoms with Crippen LogP contribution in [0.3, 0.4) is 0 Å². The van der Waals surface area contributed by atoms with Gasteiger partial charge in [0.1, 0.15) is 23.6 Å². The molecule has 1 atom stereocenters. The van der Waals surface area contributed by atoms with Crippen molar-refractivity contribution in [1.82, 2.24) is 15.5 Å². The molecule has 0 aliphatic carbocycles. The van der Waals surface area contributed by atoms with Gasteiger partial charge >= 0.3 is 0 Å². The molecule has 4 rings (SSSR count). The lowest BCUT2D eigenvalue weighted by Gasteiger charge is -2.24. The molecule has 37 heavy (non-hydrogen) atoms. The molecule has 0 saturated carbocycles. The van der Waals surface area contributed by atoms with E-state index in [1.807, 2.05) is 44.2 Å². The van der Waals surface area contributed by atoms with E-state index < -0.39 is 6.04 Å². The molecule has 1 aliphatic rings. The van der Waals surface area contributed by atoms with Crippen LogP contribution in [0.5, 0.6) is 11.5 Å². The third-order valence-corrected chi connectivity index (χ3v) is 7.00. The molecule has 190 valence electrons. The predicted molar refractivity (Wildman–Crippen MR) is 140 cm³/mol. The quantitative estimate of drug-likeness (QED) is 0.469. The number of ether oxygens (including phenoxy) is 1. The zero-order valence-corrected chi connectivity index (χ0v) is 21.5. The highest BCUT2D eigenvalue weighted by molar-refractivity contribution is 7.10. The van der Waals surface area contributed by atoms with E-state index in [4.69, 9.17) is 10.00 Å². The van der Waals surface area contributed by atoms with Gasteiger partial charge < -0.3 is 20.3 Å². The van der Waals surface area contributed by atoms with E-state index in [9.17, 15) is 14.4 Å². The Morgan fingerprint density at radius 2 is 1.78 bits per heavy atom. The van der Waals surface area contributed by atoms with Crippen molar-refractivity contribution in [3.05, 3.63) is 82.0 Å². The first-order valence-corrected chi connectivity index (χ1v) is 12.8. The van der Waals surface area contributed by atoms with E-state index in [0.717, 1.165) is 4.88 Å². The number of nitriles is 1. The number of carbonyl (C=O) groups is 3. The fourth-order valence-electron chi connectivity index (χ4n) is 4.25. The molecule has 0 bridgehead atoms. The van der Waals surface area contributed by atoms with Crippen LogP contribution < -0.4 is 15.4 Å². The number of hydrogen-bond donors (Lipinski definition) is 2. The summed E-state index contributed by atoms with van der Waals surface area (Å²) < 4.78 is 5.74. The first-order valence-electron chi connectivity index (χ1n) is 11.9. The summed E-state index contributed by atoms with van der Waals surface area (Å²) in [4.78, 5) is 41.0. The van der Waals surface area contributed by atoms with Crippen molar-refractivity contribution < 1.29 is 19.1 Å². The molecule has 3 aromatic rings. The number of benzene rings is 2. The van der Waals surface area contributed by atoms with Crippen LogP contribution in [0.15, 0.2) is 66.0 Å². The van der Waals surface area contributed by atoms with Crippen molar-refractivity contribution in [2.24, 2.45) is 5.41 Å². The van der Waals surface area contributed by atoms with E-state index in [-0.39, 0.29) is 29.7 Å². The molecule has 2 aromatic carbocycles. The summed E-state index contributed by atoms with van der Waals surface area (Å²) >= 11 is 1.40. The van der Waals surface area contributed by atoms with Gasteiger partial charge in [0.2, 0.25) is 11.8 Å². The van der Waals surface area contributed by atoms with Crippen molar-refractivity contribution in [2.75, 3.05) is 13.1 Å². The van der Waals surface area contributed by atoms with Gasteiger partial charge in [-0.2, -0.15) is 5.26 Å². The van der Waals surface area contributed by atoms with Crippen molar-refractivity contribution in [1.29, 1.82) is 5.26 Å². The number of amides is 3. The number of hydrogen-bond acceptors (Lipinski definition) is 6. The Labute approximate surface area is 219 Å². The standard InChI is InChI=1S/C28H28N4O4S/c1-28(2)13-24(27(35)30-15-23-12-19(14-29)17-37-23)32(18-28)25(33)16-31-26(34)20-8-10-22(11-9-20)36-21-6-4-3-5-7-21/h3-12,17,24H,13,15-16,18H2,1-2H3,(H,30,35)(H,31,34)/t24-/m0/s1. The fourth-order valence-corrected chi connectivity index (χ4v) is 5.00. The average Bonchev–Trinajstić information content (AvgIpc) is 3.50. The maximum absolute atomic E-state index is 13.0. The smallest absolute Gasteiger partial charge is 0.251 e. The van der Waals surface area contributed by atoms with Crippen molar-refractivity contribution >= 4 is 29.1 Å². The Kier molecular flexibility index (Phi) is 7.89. The van der Waals surface area contributed by atoms with E-state index in [0.29, 0.717) is 42.1 Å². The van der Waals surface area contributed by atoms with Crippen LogP contribution in [0.4, 0.5) is 0 Å². The number of nitrogens with one attached hydrogen (secondary N) is 2. The van der Waals surface area contributed by atoms with E-state index in [1.165, 1.54) is 11.3 Å². The van der Waals surface area contributed by atoms with Crippen LogP contribution in [0, 0.1) is 16.7 Å². The van der Waals surface area contributed by atoms with Crippen LogP contribution >= 0.6 is 11.3 Å². The normalized spacial score (nSPS) is 16.0. The lowest BCUT2D eigenvalue weighted by atomic mass is 9.90. The van der Waals surface area contributed by atoms with Crippen LogP contribution in [-0.2, 0) is 16.1 Å². The third-order valence-electron chi connectivity index (χ3n) is 6.06. The Morgan fingerprint density at radius 3 is 2.46 bits per heavy atom. The van der Waals surface area contributed by atoms with Crippen LogP contribution in [0.2, 0.25) is 0 Å². The maximum Gasteiger partial charge on any atom is 0.251 e. The minimum atomic E-state index is -0.621. The van der Waals surface area contributed by atoms with Crippen molar-refractivity contribution in [3.63, 3.8) is 0 Å². The minimum absolute atomic E-state index is 0.211. The van der Waals surface area contributed by atoms with E-state index in [2.05, 4.69) is 16.7 Å². The molecule has 0 spiro atoms. The summed E-state index contributed by atoms with van der Waals surface area (Å²) in [7, 11) is 0. The largest absolute Gasteiger partial charge is 0.457 e. The van der Waals surface area contributed by atoms with Crippen molar-refractivity contribution in [3.8, 4) is 17.6 Å². The Bertz CT molecular complexity index is 1310. The highest BCUT2D eigenvalue weighted by Crippen LogP contribution is 2.34. The first kappa shape index (κ1) is 25.9. The zero-order chi connectivity index (χ0) is 26.4. The van der Waals surface area contributed by atoms with E-state index >= 15 is 0 Å². The molecule has 1 fully saturated rings. The number of carbonyl (C=O) groups excluding carboxylic acids is 3. The SMILES string of the molecule is CC1(C)C[C@@H](C(=O)NCc2cc(C#N)cs2)N(C(=O)CNC(=O)c2ccc(Oc3ccccc3)cc2)C1. The summed E-state index contributed by atoms with van der Waals surface area (Å²) in [6.45, 7) is 4.53. The number of para-hydroxylation sites is 1. The topological polar surface area (TPSA) is 112 Å². The highest BCUT2D eigenvalue weighted by atomic mass is 32.1. The first-order chi connectivity index (χ1) is 17.7. The molecular formula is C28H28N4O4S. The van der Waals surface area contributed by atoms with Gasteiger partial charge in [0.25, 0.3) is 5.91 Å². The highest BCUT2D eigenvalue weighted by Gasteiger charge is 2.43. The third kappa shape index (κ3) is 6.74. The Hall–Kier alpha value is -4.16. The van der Waals surface area contributed by atoms with Crippen LogP contribution in [0.25, 0.3) is 0 Å². The molecule has 1 aromatic heterocycles. The van der Waals surface area contributed by atoms with Crippen LogP contribution in [-0.4, -0.2) is 41.8 Å². The lowest BCUT2D eigenvalue weighted by molar-refractivity contribution is -0.137. The maximum atomic E-state index is 13.0. The number of likely N-dealkylation sites (tertiary alicyclic amines) is 1. The summed E-state index contributed by atoms with van der Waals surface area (Å²) in [6.07, 6.45) is 0.523. The summed E-state index contributed by atoms with van der Waals surface area (Å²) in [6, 6.07) is 19.2. The summed E-state index contributed by atoms with van der Waals surface area (Å²) in [5.74, 6) is 0.348. The van der Waals surface area contributed by atoms with Gasteiger partial charge in [-0.3, -0.25) is 14.4 Å². The summed E-state index contributed by atoms with van der Waals surface area (Å²) in [5, 5.41) is 16.3.